The minimum atomic E-state index is -3.68. The lowest BCUT2D eigenvalue weighted by Gasteiger charge is -2.22. The highest BCUT2D eigenvalue weighted by Gasteiger charge is 2.22. The maximum Gasteiger partial charge on any atom is 0.269 e. The normalized spacial score (nSPS) is 13.9. The topological polar surface area (TPSA) is 110 Å². The van der Waals surface area contributed by atoms with Crippen molar-refractivity contribution < 1.29 is 18.4 Å². The summed E-state index contributed by atoms with van der Waals surface area (Å²) in [5.41, 5.74) is -0.401. The van der Waals surface area contributed by atoms with E-state index in [1.165, 1.54) is 12.1 Å². The lowest BCUT2D eigenvalue weighted by molar-refractivity contribution is -0.384. The van der Waals surface area contributed by atoms with Gasteiger partial charge in [0.15, 0.2) is 9.84 Å². The predicted molar refractivity (Wildman–Crippen MR) is 78.9 cm³/mol. The molecule has 0 amide bonds. The van der Waals surface area contributed by atoms with E-state index in [0.717, 1.165) is 12.1 Å². The number of non-ortho nitro benzene ring substituents is 1. The number of aliphatic hydroxyl groups excluding tert-OH is 1. The first-order valence-corrected chi connectivity index (χ1v) is 8.07. The number of sulfone groups is 1. The molecule has 0 aliphatic heterocycles. The van der Waals surface area contributed by atoms with E-state index >= 15 is 0 Å². The molecule has 0 fully saturated rings. The van der Waals surface area contributed by atoms with Crippen molar-refractivity contribution >= 4 is 15.5 Å². The SMILES string of the molecule is CC(C)(C)NCC(O)CS(=O)(=O)c1ccc([N+](=O)[O-])cc1. The Morgan fingerprint density at radius 1 is 1.29 bits per heavy atom. The van der Waals surface area contributed by atoms with Gasteiger partial charge in [-0.05, 0) is 32.9 Å². The van der Waals surface area contributed by atoms with E-state index in [-0.39, 0.29) is 22.7 Å². The minimum Gasteiger partial charge on any atom is -0.391 e. The average Bonchev–Trinajstić information content (AvgIpc) is 2.35. The highest BCUT2D eigenvalue weighted by atomic mass is 32.2. The van der Waals surface area contributed by atoms with E-state index in [1.54, 1.807) is 0 Å². The highest BCUT2D eigenvalue weighted by Crippen LogP contribution is 2.17. The summed E-state index contributed by atoms with van der Waals surface area (Å²) in [6, 6.07) is 4.62. The molecule has 1 atom stereocenters. The third-order valence-electron chi connectivity index (χ3n) is 2.69. The van der Waals surface area contributed by atoms with Crippen LogP contribution in [-0.2, 0) is 9.84 Å². The molecule has 0 bridgehead atoms. The van der Waals surface area contributed by atoms with Gasteiger partial charge in [0.2, 0.25) is 0 Å². The molecule has 0 aliphatic rings. The molecule has 0 saturated carbocycles. The van der Waals surface area contributed by atoms with Gasteiger partial charge in [-0.3, -0.25) is 10.1 Å². The fraction of sp³-hybridized carbons (Fsp3) is 0.538. The Morgan fingerprint density at radius 2 is 1.81 bits per heavy atom. The lowest BCUT2D eigenvalue weighted by Crippen LogP contribution is -2.42. The second-order valence-corrected chi connectivity index (χ2v) is 7.85. The van der Waals surface area contributed by atoms with Gasteiger partial charge < -0.3 is 10.4 Å². The second-order valence-electron chi connectivity index (χ2n) is 5.82. The molecule has 1 rings (SSSR count). The first kappa shape index (κ1) is 17.5. The third kappa shape index (κ3) is 5.78. The van der Waals surface area contributed by atoms with Crippen molar-refractivity contribution in [3.8, 4) is 0 Å². The number of nitrogens with zero attached hydrogens (tertiary/aromatic N) is 1. The average molecular weight is 316 g/mol. The number of nitro groups is 1. The van der Waals surface area contributed by atoms with E-state index in [4.69, 9.17) is 0 Å². The van der Waals surface area contributed by atoms with Crippen molar-refractivity contribution in [3.05, 3.63) is 34.4 Å². The van der Waals surface area contributed by atoms with Crippen LogP contribution in [0, 0.1) is 10.1 Å². The predicted octanol–water partition coefficient (Wildman–Crippen LogP) is 1.12. The molecule has 2 N–H and O–H groups in total. The molecule has 1 aromatic rings. The molecule has 0 aliphatic carbocycles. The molecule has 0 spiro atoms. The molecule has 8 heteroatoms. The number of benzene rings is 1. The van der Waals surface area contributed by atoms with Gasteiger partial charge in [-0.2, -0.15) is 0 Å². The Kier molecular flexibility index (Phi) is 5.43. The summed E-state index contributed by atoms with van der Waals surface area (Å²) in [5, 5.41) is 23.3. The summed E-state index contributed by atoms with van der Waals surface area (Å²) in [4.78, 5) is 9.89. The largest absolute Gasteiger partial charge is 0.391 e. The van der Waals surface area contributed by atoms with Crippen molar-refractivity contribution in [2.75, 3.05) is 12.3 Å². The van der Waals surface area contributed by atoms with Crippen LogP contribution in [0.1, 0.15) is 20.8 Å². The van der Waals surface area contributed by atoms with Gasteiger partial charge in [0, 0.05) is 24.2 Å². The molecule has 0 radical (unpaired) electrons. The van der Waals surface area contributed by atoms with Gasteiger partial charge in [0.1, 0.15) is 0 Å². The maximum atomic E-state index is 12.1. The summed E-state index contributed by atoms with van der Waals surface area (Å²) >= 11 is 0. The number of nitrogens with one attached hydrogen (secondary N) is 1. The zero-order valence-corrected chi connectivity index (χ0v) is 13.1. The Labute approximate surface area is 124 Å². The summed E-state index contributed by atoms with van der Waals surface area (Å²) in [6.07, 6.45) is -1.05. The number of nitro benzene ring substituents is 1. The third-order valence-corrected chi connectivity index (χ3v) is 4.50. The number of aliphatic hydroxyl groups is 1. The second kappa shape index (κ2) is 6.50. The molecule has 0 heterocycles. The van der Waals surface area contributed by atoms with Crippen molar-refractivity contribution in [2.45, 2.75) is 37.3 Å². The smallest absolute Gasteiger partial charge is 0.269 e. The van der Waals surface area contributed by atoms with Crippen LogP contribution in [0.3, 0.4) is 0 Å². The molecule has 0 aromatic heterocycles. The van der Waals surface area contributed by atoms with E-state index in [1.807, 2.05) is 20.8 Å². The van der Waals surface area contributed by atoms with Crippen LogP contribution in [0.5, 0.6) is 0 Å². The molecular weight excluding hydrogens is 296 g/mol. The van der Waals surface area contributed by atoms with Crippen LogP contribution >= 0.6 is 0 Å². The zero-order chi connectivity index (χ0) is 16.3. The van der Waals surface area contributed by atoms with Crippen molar-refractivity contribution in [1.29, 1.82) is 0 Å². The highest BCUT2D eigenvalue weighted by molar-refractivity contribution is 7.91. The van der Waals surface area contributed by atoms with Gasteiger partial charge in [0.05, 0.1) is 21.7 Å². The standard InChI is InChI=1S/C13H20N2O5S/c1-13(2,3)14-8-11(16)9-21(19,20)12-6-4-10(5-7-12)15(17)18/h4-7,11,14,16H,8-9H2,1-3H3. The number of hydrogen-bond acceptors (Lipinski definition) is 6. The molecule has 0 saturated heterocycles. The fourth-order valence-corrected chi connectivity index (χ4v) is 2.98. The number of hydrogen-bond donors (Lipinski definition) is 2. The fourth-order valence-electron chi connectivity index (χ4n) is 1.61. The van der Waals surface area contributed by atoms with E-state index in [9.17, 15) is 23.6 Å². The maximum absolute atomic E-state index is 12.1. The first-order chi connectivity index (χ1) is 9.51. The molecule has 1 aromatic carbocycles. The first-order valence-electron chi connectivity index (χ1n) is 6.41. The Balaban J connectivity index is 2.75. The van der Waals surface area contributed by atoms with Gasteiger partial charge in [0.25, 0.3) is 5.69 Å². The van der Waals surface area contributed by atoms with Crippen LogP contribution in [0.15, 0.2) is 29.2 Å². The lowest BCUT2D eigenvalue weighted by atomic mass is 10.1. The van der Waals surface area contributed by atoms with Crippen LogP contribution in [-0.4, -0.2) is 42.4 Å². The van der Waals surface area contributed by atoms with Crippen molar-refractivity contribution in [2.24, 2.45) is 0 Å². The summed E-state index contributed by atoms with van der Waals surface area (Å²) in [7, 11) is -3.68. The van der Waals surface area contributed by atoms with Gasteiger partial charge in [-0.1, -0.05) is 0 Å². The quantitative estimate of drug-likeness (QED) is 0.601. The molecular formula is C13H20N2O5S. The van der Waals surface area contributed by atoms with Crippen molar-refractivity contribution in [3.63, 3.8) is 0 Å². The van der Waals surface area contributed by atoms with Gasteiger partial charge in [-0.15, -0.1) is 0 Å². The van der Waals surface area contributed by atoms with Gasteiger partial charge in [-0.25, -0.2) is 8.42 Å². The number of rotatable bonds is 6. The monoisotopic (exact) mass is 316 g/mol. The Hall–Kier alpha value is -1.51. The van der Waals surface area contributed by atoms with Crippen LogP contribution < -0.4 is 5.32 Å². The number of β-amino-alcohol motifs (C(OH)–C–C–N with tert-alkyl or cyclic N) is 1. The Bertz CT molecular complexity index is 590. The van der Waals surface area contributed by atoms with E-state index in [0.29, 0.717) is 0 Å². The van der Waals surface area contributed by atoms with E-state index in [2.05, 4.69) is 5.32 Å². The van der Waals surface area contributed by atoms with E-state index < -0.39 is 26.6 Å². The molecule has 21 heavy (non-hydrogen) atoms. The van der Waals surface area contributed by atoms with Crippen molar-refractivity contribution in [1.82, 2.24) is 5.32 Å². The molecule has 1 unspecified atom stereocenters. The molecule has 118 valence electrons. The minimum absolute atomic E-state index is 0.0390. The van der Waals surface area contributed by atoms with Crippen LogP contribution in [0.4, 0.5) is 5.69 Å². The van der Waals surface area contributed by atoms with Crippen LogP contribution in [0.25, 0.3) is 0 Å². The summed E-state index contributed by atoms with van der Waals surface area (Å²) < 4.78 is 24.2. The van der Waals surface area contributed by atoms with Gasteiger partial charge >= 0.3 is 0 Å². The molecule has 7 nitrogen and oxygen atoms in total. The Morgan fingerprint density at radius 3 is 2.24 bits per heavy atom. The summed E-state index contributed by atoms with van der Waals surface area (Å²) in [6.45, 7) is 5.87. The zero-order valence-electron chi connectivity index (χ0n) is 12.2. The van der Waals surface area contributed by atoms with Crippen LogP contribution in [0.2, 0.25) is 0 Å². The summed E-state index contributed by atoms with van der Waals surface area (Å²) in [5.74, 6) is -0.437.